The van der Waals surface area contributed by atoms with E-state index in [9.17, 15) is 42.3 Å². The van der Waals surface area contributed by atoms with Crippen LogP contribution in [0.3, 0.4) is 0 Å². The Morgan fingerprint density at radius 3 is 1.08 bits per heavy atom. The molecule has 0 aromatic heterocycles. The summed E-state index contributed by atoms with van der Waals surface area (Å²) in [7, 11) is 0.378. The molecule has 1 amide bonds. The maximum absolute atomic E-state index is 12.5. The summed E-state index contributed by atoms with van der Waals surface area (Å²) in [6, 6.07) is 6.38. The van der Waals surface area contributed by atoms with Gasteiger partial charge in [-0.05, 0) is 280 Å². The summed E-state index contributed by atoms with van der Waals surface area (Å²) in [6.45, 7) is 51.4. The van der Waals surface area contributed by atoms with E-state index in [-0.39, 0.29) is 96.3 Å². The minimum Gasteiger partial charge on any atom is -1.00 e. The number of esters is 4. The topological polar surface area (TPSA) is 315 Å². The number of nitrogens with one attached hydrogen (secondary N) is 2. The summed E-state index contributed by atoms with van der Waals surface area (Å²) in [4.78, 5) is 76.8. The smallest absolute Gasteiger partial charge is 1.00 e. The molecule has 2 saturated heterocycles. The number of nitrogens with two attached hydrogens (primary N) is 2. The molecule has 7 fully saturated rings. The molecule has 22 nitrogen and oxygen atoms in total. The van der Waals surface area contributed by atoms with Crippen molar-refractivity contribution in [3.05, 3.63) is 29.8 Å². The summed E-state index contributed by atoms with van der Waals surface area (Å²) in [5.41, 5.74) is 10.5. The Bertz CT molecular complexity index is 3020. The molecular weight excluding hydrogens is 1700 g/mol. The zero-order chi connectivity index (χ0) is 99.0. The Labute approximate surface area is 841 Å². The van der Waals surface area contributed by atoms with Crippen LogP contribution in [0.25, 0.3) is 0 Å². The van der Waals surface area contributed by atoms with Crippen molar-refractivity contribution in [3.63, 3.8) is 0 Å². The number of benzene rings is 1. The van der Waals surface area contributed by atoms with Gasteiger partial charge in [0.2, 0.25) is 5.91 Å². The first kappa shape index (κ1) is 136. The minimum atomic E-state index is -4.02. The zero-order valence-electron chi connectivity index (χ0n) is 90.6. The van der Waals surface area contributed by atoms with Crippen LogP contribution in [0.1, 0.15) is 447 Å². The fourth-order valence-electron chi connectivity index (χ4n) is 17.7. The molecule has 8 N–H and O–H groups in total. The Kier molecular flexibility index (Phi) is 85.3. The summed E-state index contributed by atoms with van der Waals surface area (Å²) >= 11 is 0. The average molecular weight is 1920 g/mol. The van der Waals surface area contributed by atoms with Crippen LogP contribution >= 0.6 is 0 Å². The van der Waals surface area contributed by atoms with E-state index in [2.05, 4.69) is 69.1 Å². The van der Waals surface area contributed by atoms with Gasteiger partial charge in [0.1, 0.15) is 22.4 Å². The second kappa shape index (κ2) is 83.4. The third-order valence-corrected chi connectivity index (χ3v) is 25.2. The van der Waals surface area contributed by atoms with Crippen LogP contribution in [0.4, 0.5) is 0 Å². The van der Waals surface area contributed by atoms with Crippen LogP contribution in [0.5, 0.6) is 0 Å². The van der Waals surface area contributed by atoms with Crippen molar-refractivity contribution in [1.82, 2.24) is 20.4 Å². The van der Waals surface area contributed by atoms with Gasteiger partial charge in [-0.3, -0.25) is 33.3 Å². The van der Waals surface area contributed by atoms with Crippen molar-refractivity contribution in [2.75, 3.05) is 92.9 Å². The molecule has 8 rings (SSSR count). The van der Waals surface area contributed by atoms with Crippen molar-refractivity contribution in [2.45, 2.75) is 480 Å². The summed E-state index contributed by atoms with van der Waals surface area (Å²) < 4.78 is 61.1. The number of likely N-dealkylation sites (N-methyl/N-ethyl adjacent to an activating group) is 1. The molecule has 7 aliphatic rings. The predicted octanol–water partition coefficient (Wildman–Crippen LogP) is 20.9. The number of carbonyl (C=O) groups is 6. The third kappa shape index (κ3) is 85.3. The van der Waals surface area contributed by atoms with Crippen molar-refractivity contribution in [2.24, 2.45) is 64.7 Å². The fraction of sp³-hybridized carbons (Fsp3) is 0.889. The van der Waals surface area contributed by atoms with Crippen LogP contribution < -0.4 is 41.0 Å². The molecule has 0 radical (unpaired) electrons. The second-order valence-corrected chi connectivity index (χ2v) is 44.0. The number of hydrogen-bond donors (Lipinski definition) is 6. The molecule has 0 bridgehead atoms. The molecule has 133 heavy (non-hydrogen) atoms. The second-order valence-electron chi connectivity index (χ2n) is 42.6. The first-order valence-electron chi connectivity index (χ1n) is 53.0. The van der Waals surface area contributed by atoms with Crippen LogP contribution in [0.15, 0.2) is 29.2 Å². The molecule has 25 heteroatoms. The number of nitrogens with zero attached hydrogens (tertiary/aromatic N) is 2. The first-order valence-corrected chi connectivity index (χ1v) is 54.5. The minimum absolute atomic E-state index is 0. The molecule has 0 spiro atoms. The Morgan fingerprint density at radius 1 is 0.451 bits per heavy atom. The van der Waals surface area contributed by atoms with Crippen molar-refractivity contribution in [3.8, 4) is 0 Å². The molecule has 0 unspecified atom stereocenters. The number of carbonyl (C=O) groups excluding carboxylic acids is 5. The normalized spacial score (nSPS) is 17.4. The van der Waals surface area contributed by atoms with Gasteiger partial charge in [-0.1, -0.05) is 259 Å². The number of hydrogen-bond acceptors (Lipinski definition) is 19. The molecule has 780 valence electrons. The number of aliphatic carboxylic acids is 1. The maximum Gasteiger partial charge on any atom is 1.00 e. The van der Waals surface area contributed by atoms with Crippen LogP contribution in [-0.2, 0) is 67.3 Å². The molecule has 5 atom stereocenters. The average Bonchev–Trinajstić information content (AvgIpc) is 1.01. The Morgan fingerprint density at radius 2 is 0.759 bits per heavy atom. The number of rotatable bonds is 41. The Balaban J connectivity index is -0.000000480. The maximum atomic E-state index is 12.5. The largest absolute Gasteiger partial charge is 1.00 e. The quantitative estimate of drug-likeness (QED) is 0.0117. The third-order valence-electron chi connectivity index (χ3n) is 24.4. The van der Waals surface area contributed by atoms with Gasteiger partial charge >= 0.3 is 48.7 Å². The van der Waals surface area contributed by atoms with Crippen molar-refractivity contribution < 1.29 is 95.6 Å². The van der Waals surface area contributed by atoms with Gasteiger partial charge < -0.3 is 66.9 Å². The van der Waals surface area contributed by atoms with Gasteiger partial charge in [-0.25, -0.2) is 0 Å². The van der Waals surface area contributed by atoms with Crippen molar-refractivity contribution in [1.29, 1.82) is 0 Å². The number of carboxylic acids is 1. The van der Waals surface area contributed by atoms with Crippen molar-refractivity contribution >= 4 is 63.2 Å². The van der Waals surface area contributed by atoms with Crippen LogP contribution in [0, 0.1) is 60.2 Å². The van der Waals surface area contributed by atoms with E-state index in [1.54, 1.807) is 32.9 Å². The summed E-state index contributed by atoms with van der Waals surface area (Å²) in [5.74, 6) is 2.02. The molecule has 1 aromatic carbocycles. The molecule has 5 saturated carbocycles. The Hall–Kier alpha value is -3.20. The molecule has 5 aliphatic carbocycles. The number of aryl methyl sites for hydroxylation is 1. The van der Waals surface area contributed by atoms with Crippen LogP contribution in [-0.4, -0.2) is 202 Å². The van der Waals surface area contributed by atoms with Gasteiger partial charge in [0, 0.05) is 70.9 Å². The zero-order valence-corrected chi connectivity index (χ0v) is 90.4. The standard InChI is InChI=1S/C20H39NO2.C19H35NO3.C19H37NO2.C15H26O4.C14H30N2.C7H8O3S.C4H11N.2C4H8O.C2H6.Al.Li.4H/c1-6-7-13-21(5)16-18(14-17-11-9-8-10-12-17)15-19(22)23-20(2,3)4;1-5-6-12-20-18(22)16(13-15-10-8-7-9-11-15)14-17(21)23-19(2,3)4;1-5-6-12-20-15-17(13-16-10-8-7-9-11-16)14-18(21)22-19(2,3)4;1-15(2,3)19-13(16)10-12(14(17)18)9-11-7-5-4-6-8-11;1-3-4-10-16(2)12-14(15)11-13-8-6-5-7-9-13;1-6-2-4-7(5-3-6)11(8,9)10;1-2-3-4-5;2*1-2-4-5-3-1;1-2;;;;;;/h17-18H,6-16H2,1-5H3;15-16H,5-14H2,1-4H3,(H,20,22);16-17,20H,5-15H2,1-4H3;11-12H,4-10H2,1-3H3,(H,17,18);13-14H,3-12,15H2,1-2H3;2-5H,1H3,(H,8,9,10);2-5H2,1H3;2*1-4H2;1-2H3;;;;;;/q;;;;;;;;;;;+1;;;;-1/t18-;16-;17-;12-;14-;;;;;;;;;;;/m11110.........../s1. The first-order chi connectivity index (χ1) is 61.9. The fourth-order valence-corrected chi connectivity index (χ4v) is 18.2. The molecule has 2 aliphatic heterocycles. The van der Waals surface area contributed by atoms with E-state index in [0.29, 0.717) is 55.5 Å². The predicted molar refractivity (Wildman–Crippen MR) is 555 cm³/mol. The van der Waals surface area contributed by atoms with Gasteiger partial charge in [0.15, 0.2) is 17.4 Å². The van der Waals surface area contributed by atoms with Gasteiger partial charge in [0.25, 0.3) is 10.1 Å². The monoisotopic (exact) mass is 1920 g/mol. The SMILES string of the molecule is C1CCOC1.C1CCOC1.CC.CC(C)(C)OC(=O)C[C@@H](CC1CCCCC1)C(=O)O.CCCCN.CCCCN(C)C[C@@H](CC(=O)OC(C)(C)C)CC1CCCCC1.CCCCN(C)C[C@@H](N)CC1CCCCC1.CCCCNC(=O)[C@@H](CC(=O)OC(C)(C)C)CC1CCCCC1.CCCCNC[C@@H](CC(=O)OC(C)(C)C)CC1CCCCC1.Cc1ccc(S(=O)(=O)O)cc1.[AlH3].[H-].[Li+]. The van der Waals surface area contributed by atoms with E-state index in [1.165, 1.54) is 263 Å². The van der Waals surface area contributed by atoms with E-state index in [0.717, 1.165) is 121 Å². The van der Waals surface area contributed by atoms with Gasteiger partial charge in [-0.15, -0.1) is 0 Å². The molecule has 1 aromatic rings. The van der Waals surface area contributed by atoms with E-state index >= 15 is 0 Å². The van der Waals surface area contributed by atoms with E-state index in [1.807, 2.05) is 83.1 Å². The number of ether oxygens (including phenoxy) is 6. The van der Waals surface area contributed by atoms with Gasteiger partial charge in [-0.2, -0.15) is 8.42 Å². The van der Waals surface area contributed by atoms with Gasteiger partial charge in [0.05, 0.1) is 23.7 Å². The number of unbranched alkanes of at least 4 members (excludes halogenated alkanes) is 5. The summed E-state index contributed by atoms with van der Waals surface area (Å²) in [5, 5.41) is 15.8. The van der Waals surface area contributed by atoms with E-state index < -0.39 is 39.2 Å². The summed E-state index contributed by atoms with van der Waals surface area (Å²) in [6.07, 6.45) is 56.2. The van der Waals surface area contributed by atoms with Crippen LogP contribution in [0.2, 0.25) is 0 Å². The molecule has 2 heterocycles. The molecular formula is C108H212AlLiN6O16S. The number of amides is 1. The number of carboxylic acid groups (broad SMARTS) is 1. The van der Waals surface area contributed by atoms with E-state index in [4.69, 9.17) is 44.4 Å².